The van der Waals surface area contributed by atoms with Gasteiger partial charge in [-0.25, -0.2) is 17.9 Å². The summed E-state index contributed by atoms with van der Waals surface area (Å²) in [5, 5.41) is 9.08. The highest BCUT2D eigenvalue weighted by molar-refractivity contribution is 14.0. The number of aliphatic imine (C=N–C) groups is 1. The van der Waals surface area contributed by atoms with Crippen molar-refractivity contribution in [3.8, 4) is 0 Å². The SMILES string of the molecule is CCS(=O)(=O)NCCCNC(=NC)NCCc1ccc(NC(=O)OC(C)(C)C)cc1.I. The molecular formula is C20H36IN5O4S. The maximum Gasteiger partial charge on any atom is 0.412 e. The van der Waals surface area contributed by atoms with Crippen molar-refractivity contribution in [1.29, 1.82) is 0 Å². The van der Waals surface area contributed by atoms with E-state index in [0.29, 0.717) is 37.7 Å². The second-order valence-corrected chi connectivity index (χ2v) is 9.75. The molecular weight excluding hydrogens is 533 g/mol. The second kappa shape index (κ2) is 14.5. The fraction of sp³-hybridized carbons (Fsp3) is 0.600. The van der Waals surface area contributed by atoms with Crippen molar-refractivity contribution in [3.63, 3.8) is 0 Å². The van der Waals surface area contributed by atoms with Gasteiger partial charge >= 0.3 is 6.09 Å². The fourth-order valence-corrected chi connectivity index (χ4v) is 3.01. The second-order valence-electron chi connectivity index (χ2n) is 7.65. The molecule has 0 spiro atoms. The normalized spacial score (nSPS) is 12.0. The lowest BCUT2D eigenvalue weighted by atomic mass is 10.1. The first-order valence-corrected chi connectivity index (χ1v) is 11.7. The molecule has 0 aliphatic carbocycles. The number of nitrogens with zero attached hydrogens (tertiary/aromatic N) is 1. The van der Waals surface area contributed by atoms with Gasteiger partial charge in [-0.2, -0.15) is 0 Å². The van der Waals surface area contributed by atoms with Gasteiger partial charge in [-0.3, -0.25) is 10.3 Å². The van der Waals surface area contributed by atoms with Gasteiger partial charge in [-0.1, -0.05) is 12.1 Å². The van der Waals surface area contributed by atoms with Crippen LogP contribution in [0.4, 0.5) is 10.5 Å². The lowest BCUT2D eigenvalue weighted by molar-refractivity contribution is 0.0636. The van der Waals surface area contributed by atoms with E-state index >= 15 is 0 Å². The highest BCUT2D eigenvalue weighted by atomic mass is 127. The van der Waals surface area contributed by atoms with Crippen LogP contribution in [0.2, 0.25) is 0 Å². The molecule has 0 saturated heterocycles. The minimum Gasteiger partial charge on any atom is -0.444 e. The molecule has 0 radical (unpaired) electrons. The highest BCUT2D eigenvalue weighted by Gasteiger charge is 2.16. The van der Waals surface area contributed by atoms with Gasteiger partial charge in [0.15, 0.2) is 5.96 Å². The van der Waals surface area contributed by atoms with E-state index in [0.717, 1.165) is 12.0 Å². The zero-order valence-corrected chi connectivity index (χ0v) is 22.1. The van der Waals surface area contributed by atoms with Crippen molar-refractivity contribution in [2.75, 3.05) is 37.8 Å². The molecule has 0 heterocycles. The summed E-state index contributed by atoms with van der Waals surface area (Å²) in [5.41, 5.74) is 1.25. The zero-order chi connectivity index (χ0) is 22.6. The van der Waals surface area contributed by atoms with Crippen molar-refractivity contribution in [3.05, 3.63) is 29.8 Å². The van der Waals surface area contributed by atoms with Gasteiger partial charge in [0.1, 0.15) is 5.60 Å². The average Bonchev–Trinajstić information content (AvgIpc) is 2.66. The van der Waals surface area contributed by atoms with Crippen molar-refractivity contribution in [2.45, 2.75) is 46.1 Å². The Bertz CT molecular complexity index is 793. The van der Waals surface area contributed by atoms with E-state index in [1.165, 1.54) is 0 Å². The third kappa shape index (κ3) is 14.2. The predicted octanol–water partition coefficient (Wildman–Crippen LogP) is 2.69. The lowest BCUT2D eigenvalue weighted by Gasteiger charge is -2.19. The Morgan fingerprint density at radius 3 is 2.23 bits per heavy atom. The number of anilines is 1. The number of halogens is 1. The Morgan fingerprint density at radius 2 is 1.68 bits per heavy atom. The Balaban J connectivity index is 0.00000900. The van der Waals surface area contributed by atoms with E-state index in [1.54, 1.807) is 14.0 Å². The van der Waals surface area contributed by atoms with Crippen LogP contribution in [0.1, 0.15) is 39.7 Å². The number of benzene rings is 1. The molecule has 1 aromatic rings. The minimum absolute atomic E-state index is 0. The number of nitrogens with one attached hydrogen (secondary N) is 4. The predicted molar refractivity (Wildman–Crippen MR) is 137 cm³/mol. The van der Waals surface area contributed by atoms with Crippen LogP contribution in [0.25, 0.3) is 0 Å². The average molecular weight is 570 g/mol. The number of carbonyl (C=O) groups excluding carboxylic acids is 1. The number of sulfonamides is 1. The van der Waals surface area contributed by atoms with Crippen molar-refractivity contribution in [1.82, 2.24) is 15.4 Å². The molecule has 0 saturated carbocycles. The molecule has 0 atom stereocenters. The Morgan fingerprint density at radius 1 is 1.06 bits per heavy atom. The van der Waals surface area contributed by atoms with Crippen LogP contribution in [-0.4, -0.2) is 58.5 Å². The summed E-state index contributed by atoms with van der Waals surface area (Å²) in [6, 6.07) is 7.57. The summed E-state index contributed by atoms with van der Waals surface area (Å²) in [7, 11) is -1.46. The number of hydrogen-bond donors (Lipinski definition) is 4. The monoisotopic (exact) mass is 569 g/mol. The summed E-state index contributed by atoms with van der Waals surface area (Å²) in [6.45, 7) is 8.75. The molecule has 0 aliphatic rings. The van der Waals surface area contributed by atoms with E-state index in [9.17, 15) is 13.2 Å². The first-order valence-electron chi connectivity index (χ1n) is 10.1. The van der Waals surface area contributed by atoms with Crippen LogP contribution in [-0.2, 0) is 21.2 Å². The van der Waals surface area contributed by atoms with E-state index in [1.807, 2.05) is 45.0 Å². The van der Waals surface area contributed by atoms with Crippen LogP contribution in [0.15, 0.2) is 29.3 Å². The molecule has 11 heteroatoms. The van der Waals surface area contributed by atoms with Crippen LogP contribution in [0, 0.1) is 0 Å². The maximum absolute atomic E-state index is 11.8. The largest absolute Gasteiger partial charge is 0.444 e. The van der Waals surface area contributed by atoms with Gasteiger partial charge in [0.05, 0.1) is 5.75 Å². The Kier molecular flexibility index (Phi) is 13.7. The molecule has 0 aliphatic heterocycles. The Hall–Kier alpha value is -1.60. The van der Waals surface area contributed by atoms with Gasteiger partial charge in [0.2, 0.25) is 10.0 Å². The first-order chi connectivity index (χ1) is 14.0. The van der Waals surface area contributed by atoms with Gasteiger partial charge in [-0.05, 0) is 58.2 Å². The van der Waals surface area contributed by atoms with Crippen LogP contribution >= 0.6 is 24.0 Å². The number of ether oxygens (including phenoxy) is 1. The van der Waals surface area contributed by atoms with Crippen molar-refractivity contribution < 1.29 is 17.9 Å². The molecule has 0 aromatic heterocycles. The molecule has 9 nitrogen and oxygen atoms in total. The summed E-state index contributed by atoms with van der Waals surface area (Å²) >= 11 is 0. The Labute approximate surface area is 203 Å². The van der Waals surface area contributed by atoms with Crippen LogP contribution in [0.3, 0.4) is 0 Å². The fourth-order valence-electron chi connectivity index (χ4n) is 2.35. The van der Waals surface area contributed by atoms with Crippen molar-refractivity contribution in [2.24, 2.45) is 4.99 Å². The number of amides is 1. The quantitative estimate of drug-likeness (QED) is 0.149. The highest BCUT2D eigenvalue weighted by Crippen LogP contribution is 2.13. The molecule has 0 unspecified atom stereocenters. The molecule has 178 valence electrons. The molecule has 0 fully saturated rings. The number of rotatable bonds is 10. The van der Waals surface area contributed by atoms with Gasteiger partial charge in [0, 0.05) is 32.4 Å². The topological polar surface area (TPSA) is 121 Å². The molecule has 4 N–H and O–H groups in total. The molecule has 0 bridgehead atoms. The summed E-state index contributed by atoms with van der Waals surface area (Å²) in [5.74, 6) is 0.749. The first kappa shape index (κ1) is 29.4. The smallest absolute Gasteiger partial charge is 0.412 e. The summed E-state index contributed by atoms with van der Waals surface area (Å²) in [4.78, 5) is 15.9. The number of carbonyl (C=O) groups is 1. The minimum atomic E-state index is -3.14. The summed E-state index contributed by atoms with van der Waals surface area (Å²) < 4.78 is 30.5. The maximum atomic E-state index is 11.8. The van der Waals surface area contributed by atoms with Crippen LogP contribution < -0.4 is 20.7 Å². The standard InChI is InChI=1S/C20H35N5O4S.HI/c1-6-30(27,28)24-14-7-13-22-18(21-5)23-15-12-16-8-10-17(11-9-16)25-19(26)29-20(2,3)4;/h8-11,24H,6-7,12-15H2,1-5H3,(H,25,26)(H2,21,22,23);1H. The zero-order valence-electron chi connectivity index (χ0n) is 18.9. The number of guanidine groups is 1. The van der Waals surface area contributed by atoms with Gasteiger partial charge in [0.25, 0.3) is 0 Å². The van der Waals surface area contributed by atoms with E-state index < -0.39 is 21.7 Å². The molecule has 31 heavy (non-hydrogen) atoms. The third-order valence-corrected chi connectivity index (χ3v) is 5.28. The van der Waals surface area contributed by atoms with E-state index in [2.05, 4.69) is 25.7 Å². The van der Waals surface area contributed by atoms with Crippen LogP contribution in [0.5, 0.6) is 0 Å². The number of hydrogen-bond acceptors (Lipinski definition) is 5. The molecule has 1 amide bonds. The molecule has 1 rings (SSSR count). The lowest BCUT2D eigenvalue weighted by Crippen LogP contribution is -2.39. The summed E-state index contributed by atoms with van der Waals surface area (Å²) in [6.07, 6.45) is 0.963. The van der Waals surface area contributed by atoms with Gasteiger partial charge in [-0.15, -0.1) is 24.0 Å². The van der Waals surface area contributed by atoms with Crippen molar-refractivity contribution >= 4 is 51.7 Å². The van der Waals surface area contributed by atoms with Gasteiger partial charge < -0.3 is 15.4 Å². The van der Waals surface area contributed by atoms with E-state index in [-0.39, 0.29) is 29.7 Å². The molecule has 1 aromatic carbocycles. The van der Waals surface area contributed by atoms with E-state index in [4.69, 9.17) is 4.74 Å². The third-order valence-electron chi connectivity index (χ3n) is 3.88.